The van der Waals surface area contributed by atoms with Crippen LogP contribution in [0.5, 0.6) is 0 Å². The van der Waals surface area contributed by atoms with E-state index in [1.807, 2.05) is 14.1 Å². The van der Waals surface area contributed by atoms with E-state index in [-0.39, 0.29) is 30.7 Å². The van der Waals surface area contributed by atoms with Crippen LogP contribution in [0.15, 0.2) is 0 Å². The van der Waals surface area contributed by atoms with Crippen LogP contribution in [-0.2, 0) is 4.79 Å². The number of hydrogen-bond donors (Lipinski definition) is 2. The minimum Gasteiger partial charge on any atom is -0.354 e. The Morgan fingerprint density at radius 2 is 1.78 bits per heavy atom. The lowest BCUT2D eigenvalue weighted by Crippen LogP contribution is -2.55. The lowest BCUT2D eigenvalue weighted by Gasteiger charge is -2.31. The third kappa shape index (κ3) is 6.78. The van der Waals surface area contributed by atoms with Crippen molar-refractivity contribution >= 4 is 30.7 Å². The highest BCUT2D eigenvalue weighted by atomic mass is 35.5. The second kappa shape index (κ2) is 9.84. The maximum atomic E-state index is 11.9. The van der Waals surface area contributed by atoms with Crippen molar-refractivity contribution < 1.29 is 4.79 Å². The zero-order valence-corrected chi connectivity index (χ0v) is 13.0. The molecule has 18 heavy (non-hydrogen) atoms. The van der Waals surface area contributed by atoms with Crippen molar-refractivity contribution in [2.45, 2.75) is 44.1 Å². The number of nitrogens with zero attached hydrogens (tertiary/aromatic N) is 1. The minimum atomic E-state index is -0.587. The van der Waals surface area contributed by atoms with Crippen molar-refractivity contribution in [1.29, 1.82) is 0 Å². The van der Waals surface area contributed by atoms with E-state index in [1.54, 1.807) is 0 Å². The van der Waals surface area contributed by atoms with Crippen LogP contribution in [0.1, 0.15) is 38.5 Å². The number of carbonyl (C=O) groups excluding carboxylic acids is 1. The second-order valence-corrected chi connectivity index (χ2v) is 5.13. The molecule has 1 aliphatic carbocycles. The number of halogens is 2. The SMILES string of the molecule is CN(C)CCCNC(=O)C1(N)CCCCC1.Cl.Cl. The normalized spacial score (nSPS) is 17.6. The lowest BCUT2D eigenvalue weighted by molar-refractivity contribution is -0.127. The summed E-state index contributed by atoms with van der Waals surface area (Å²) < 4.78 is 0. The molecule has 6 heteroatoms. The summed E-state index contributed by atoms with van der Waals surface area (Å²) >= 11 is 0. The monoisotopic (exact) mass is 299 g/mol. The van der Waals surface area contributed by atoms with Crippen LogP contribution in [0.2, 0.25) is 0 Å². The third-order valence-electron chi connectivity index (χ3n) is 3.27. The molecule has 1 saturated carbocycles. The summed E-state index contributed by atoms with van der Waals surface area (Å²) in [6.45, 7) is 1.73. The van der Waals surface area contributed by atoms with Gasteiger partial charge in [0.15, 0.2) is 0 Å². The first-order valence-electron chi connectivity index (χ1n) is 6.26. The molecular formula is C12H27Cl2N3O. The Bertz CT molecular complexity index is 231. The number of amides is 1. The van der Waals surface area contributed by atoms with E-state index in [2.05, 4.69) is 10.2 Å². The van der Waals surface area contributed by atoms with Crippen molar-refractivity contribution in [2.24, 2.45) is 5.73 Å². The molecule has 0 heterocycles. The van der Waals surface area contributed by atoms with Gasteiger partial charge in [0, 0.05) is 6.54 Å². The molecule has 0 unspecified atom stereocenters. The summed E-state index contributed by atoms with van der Waals surface area (Å²) in [5.74, 6) is 0.0472. The lowest BCUT2D eigenvalue weighted by atomic mass is 9.82. The van der Waals surface area contributed by atoms with Gasteiger partial charge in [0.1, 0.15) is 0 Å². The molecule has 0 radical (unpaired) electrons. The number of nitrogens with one attached hydrogen (secondary N) is 1. The summed E-state index contributed by atoms with van der Waals surface area (Å²) in [7, 11) is 4.07. The van der Waals surface area contributed by atoms with Crippen molar-refractivity contribution in [3.63, 3.8) is 0 Å². The van der Waals surface area contributed by atoms with Crippen LogP contribution in [0.4, 0.5) is 0 Å². The van der Waals surface area contributed by atoms with Crippen LogP contribution in [-0.4, -0.2) is 43.5 Å². The van der Waals surface area contributed by atoms with Gasteiger partial charge in [0.2, 0.25) is 5.91 Å². The Kier molecular flexibility index (Phi) is 11.1. The van der Waals surface area contributed by atoms with Gasteiger partial charge in [-0.25, -0.2) is 0 Å². The first kappa shape index (κ1) is 20.3. The van der Waals surface area contributed by atoms with E-state index >= 15 is 0 Å². The first-order valence-corrected chi connectivity index (χ1v) is 6.26. The number of nitrogens with two attached hydrogens (primary N) is 1. The fourth-order valence-corrected chi connectivity index (χ4v) is 2.18. The summed E-state index contributed by atoms with van der Waals surface area (Å²) in [5.41, 5.74) is 5.54. The fraction of sp³-hybridized carbons (Fsp3) is 0.917. The molecule has 0 spiro atoms. The molecule has 1 aliphatic rings. The molecule has 0 bridgehead atoms. The Labute approximate surface area is 123 Å². The average Bonchev–Trinajstić information content (AvgIpc) is 2.25. The molecule has 1 rings (SSSR count). The Morgan fingerprint density at radius 3 is 2.28 bits per heavy atom. The van der Waals surface area contributed by atoms with Gasteiger partial charge in [-0.1, -0.05) is 19.3 Å². The quantitative estimate of drug-likeness (QED) is 0.758. The molecule has 4 nitrogen and oxygen atoms in total. The molecule has 1 fully saturated rings. The van der Waals surface area contributed by atoms with Crippen molar-refractivity contribution in [3.05, 3.63) is 0 Å². The molecule has 0 saturated heterocycles. The topological polar surface area (TPSA) is 58.4 Å². The smallest absolute Gasteiger partial charge is 0.240 e. The van der Waals surface area contributed by atoms with Gasteiger partial charge >= 0.3 is 0 Å². The number of carbonyl (C=O) groups is 1. The summed E-state index contributed by atoms with van der Waals surface area (Å²) in [5, 5.41) is 2.96. The largest absolute Gasteiger partial charge is 0.354 e. The third-order valence-corrected chi connectivity index (χ3v) is 3.27. The molecule has 0 aliphatic heterocycles. The van der Waals surface area contributed by atoms with Gasteiger partial charge in [-0.2, -0.15) is 0 Å². The Balaban J connectivity index is 0. The van der Waals surface area contributed by atoms with Gasteiger partial charge in [-0.3, -0.25) is 4.79 Å². The molecule has 0 aromatic heterocycles. The summed E-state index contributed by atoms with van der Waals surface area (Å²) in [6, 6.07) is 0. The summed E-state index contributed by atoms with van der Waals surface area (Å²) in [6.07, 6.45) is 6.05. The minimum absolute atomic E-state index is 0. The van der Waals surface area contributed by atoms with Crippen molar-refractivity contribution in [1.82, 2.24) is 10.2 Å². The second-order valence-electron chi connectivity index (χ2n) is 5.13. The van der Waals surface area contributed by atoms with Gasteiger partial charge in [-0.15, -0.1) is 24.8 Å². The first-order chi connectivity index (χ1) is 7.54. The van der Waals surface area contributed by atoms with Gasteiger partial charge in [0.25, 0.3) is 0 Å². The maximum absolute atomic E-state index is 11.9. The van der Waals surface area contributed by atoms with E-state index in [0.29, 0.717) is 0 Å². The predicted molar refractivity (Wildman–Crippen MR) is 80.7 cm³/mol. The van der Waals surface area contributed by atoms with E-state index in [9.17, 15) is 4.79 Å². The standard InChI is InChI=1S/C12H25N3O.2ClH/c1-15(2)10-6-9-14-11(16)12(13)7-4-3-5-8-12;;/h3-10,13H2,1-2H3,(H,14,16);2*1H. The fourth-order valence-electron chi connectivity index (χ4n) is 2.18. The maximum Gasteiger partial charge on any atom is 0.240 e. The highest BCUT2D eigenvalue weighted by Crippen LogP contribution is 2.25. The predicted octanol–water partition coefficient (Wildman–Crippen LogP) is 1.56. The van der Waals surface area contributed by atoms with Crippen LogP contribution < -0.4 is 11.1 Å². The summed E-state index contributed by atoms with van der Waals surface area (Å²) in [4.78, 5) is 14.0. The average molecular weight is 300 g/mol. The van der Waals surface area contributed by atoms with Crippen LogP contribution >= 0.6 is 24.8 Å². The van der Waals surface area contributed by atoms with E-state index in [0.717, 1.165) is 45.2 Å². The Morgan fingerprint density at radius 1 is 1.22 bits per heavy atom. The molecule has 0 atom stereocenters. The van der Waals surface area contributed by atoms with Crippen molar-refractivity contribution in [2.75, 3.05) is 27.2 Å². The Hall–Kier alpha value is -0.0300. The molecule has 0 aromatic carbocycles. The molecule has 0 aromatic rings. The zero-order chi connectivity index (χ0) is 12.0. The van der Waals surface area contributed by atoms with Gasteiger partial charge in [-0.05, 0) is 39.9 Å². The molecule has 1 amide bonds. The number of rotatable bonds is 5. The highest BCUT2D eigenvalue weighted by molar-refractivity contribution is 5.86. The van der Waals surface area contributed by atoms with Crippen LogP contribution in [0.3, 0.4) is 0 Å². The van der Waals surface area contributed by atoms with E-state index < -0.39 is 5.54 Å². The molecular weight excluding hydrogens is 273 g/mol. The van der Waals surface area contributed by atoms with Gasteiger partial charge < -0.3 is 16.0 Å². The van der Waals surface area contributed by atoms with Gasteiger partial charge in [0.05, 0.1) is 5.54 Å². The molecule has 110 valence electrons. The zero-order valence-electron chi connectivity index (χ0n) is 11.4. The highest BCUT2D eigenvalue weighted by Gasteiger charge is 2.34. The van der Waals surface area contributed by atoms with Crippen LogP contribution in [0, 0.1) is 0 Å². The molecule has 3 N–H and O–H groups in total. The van der Waals surface area contributed by atoms with E-state index in [4.69, 9.17) is 5.73 Å². The number of hydrogen-bond acceptors (Lipinski definition) is 3. The van der Waals surface area contributed by atoms with E-state index in [1.165, 1.54) is 6.42 Å². The van der Waals surface area contributed by atoms with Crippen LogP contribution in [0.25, 0.3) is 0 Å². The van der Waals surface area contributed by atoms with Crippen molar-refractivity contribution in [3.8, 4) is 0 Å².